The van der Waals surface area contributed by atoms with E-state index in [9.17, 15) is 14.0 Å². The van der Waals surface area contributed by atoms with Crippen LogP contribution in [0.1, 0.15) is 42.5 Å². The molecule has 2 aromatic heterocycles. The van der Waals surface area contributed by atoms with Crippen molar-refractivity contribution in [1.82, 2.24) is 15.6 Å². The summed E-state index contributed by atoms with van der Waals surface area (Å²) >= 11 is 0. The van der Waals surface area contributed by atoms with Crippen molar-refractivity contribution in [1.29, 1.82) is 0 Å². The molecule has 3 N–H and O–H groups in total. The highest BCUT2D eigenvalue weighted by atomic mass is 19.1. The van der Waals surface area contributed by atoms with Crippen molar-refractivity contribution in [2.24, 2.45) is 0 Å². The van der Waals surface area contributed by atoms with Gasteiger partial charge in [0.15, 0.2) is 0 Å². The minimum absolute atomic E-state index is 0.114. The van der Waals surface area contributed by atoms with Gasteiger partial charge < -0.3 is 24.8 Å². The molecule has 0 saturated heterocycles. The Labute approximate surface area is 167 Å². The zero-order valence-electron chi connectivity index (χ0n) is 16.6. The van der Waals surface area contributed by atoms with Gasteiger partial charge in [-0.2, -0.15) is 0 Å². The molecular formula is C21H24FN3O4. The van der Waals surface area contributed by atoms with Gasteiger partial charge in [0.1, 0.15) is 23.4 Å². The van der Waals surface area contributed by atoms with E-state index in [4.69, 9.17) is 9.15 Å². The largest absolute Gasteiger partial charge is 0.467 e. The van der Waals surface area contributed by atoms with Crippen LogP contribution in [0.25, 0.3) is 10.9 Å². The number of hydrogen-bond acceptors (Lipinski definition) is 4. The minimum atomic E-state index is -0.588. The number of rotatable bonds is 6. The second-order valence-corrected chi connectivity index (χ2v) is 7.67. The number of benzene rings is 1. The van der Waals surface area contributed by atoms with E-state index >= 15 is 0 Å². The van der Waals surface area contributed by atoms with Gasteiger partial charge in [0.2, 0.25) is 0 Å². The second kappa shape index (κ2) is 8.38. The number of hydrogen-bond donors (Lipinski definition) is 3. The van der Waals surface area contributed by atoms with Crippen molar-refractivity contribution in [3.05, 3.63) is 59.4 Å². The van der Waals surface area contributed by atoms with Gasteiger partial charge in [0.25, 0.3) is 5.91 Å². The fraction of sp³-hybridized carbons (Fsp3) is 0.333. The Bertz CT molecular complexity index is 1020. The number of amides is 2. The first kappa shape index (κ1) is 20.4. The molecule has 29 heavy (non-hydrogen) atoms. The monoisotopic (exact) mass is 401 g/mol. The number of halogens is 1. The van der Waals surface area contributed by atoms with Crippen LogP contribution in [0, 0.1) is 5.82 Å². The summed E-state index contributed by atoms with van der Waals surface area (Å²) in [6.07, 6.45) is 3.15. The molecule has 0 fully saturated rings. The molecule has 0 atom stereocenters. The number of H-pyrrole nitrogens is 1. The van der Waals surface area contributed by atoms with Gasteiger partial charge in [-0.15, -0.1) is 0 Å². The number of fused-ring (bicyclic) bond motifs is 1. The maximum absolute atomic E-state index is 13.4. The zero-order chi connectivity index (χ0) is 21.0. The van der Waals surface area contributed by atoms with Crippen LogP contribution in [0.4, 0.5) is 9.18 Å². The third kappa shape index (κ3) is 5.60. The summed E-state index contributed by atoms with van der Waals surface area (Å²) in [7, 11) is 0. The van der Waals surface area contributed by atoms with Gasteiger partial charge >= 0.3 is 6.09 Å². The maximum Gasteiger partial charge on any atom is 0.408 e. The Morgan fingerprint density at radius 1 is 1.21 bits per heavy atom. The molecule has 7 nitrogen and oxygen atoms in total. The highest BCUT2D eigenvalue weighted by Gasteiger charge is 2.17. The van der Waals surface area contributed by atoms with Crippen molar-refractivity contribution >= 4 is 22.9 Å². The zero-order valence-corrected chi connectivity index (χ0v) is 16.6. The number of furan rings is 1. The van der Waals surface area contributed by atoms with Gasteiger partial charge in [0.05, 0.1) is 12.1 Å². The molecule has 0 aliphatic carbocycles. The summed E-state index contributed by atoms with van der Waals surface area (Å²) < 4.78 is 23.9. The number of ether oxygens (including phenoxy) is 1. The molecule has 2 amide bonds. The first-order valence-corrected chi connectivity index (χ1v) is 9.29. The average molecular weight is 401 g/mol. The lowest BCUT2D eigenvalue weighted by Crippen LogP contribution is -2.32. The van der Waals surface area contributed by atoms with Gasteiger partial charge in [0, 0.05) is 23.6 Å². The minimum Gasteiger partial charge on any atom is -0.467 e. The van der Waals surface area contributed by atoms with Crippen LogP contribution < -0.4 is 10.6 Å². The molecule has 0 spiro atoms. The number of nitrogens with one attached hydrogen (secondary N) is 3. The van der Waals surface area contributed by atoms with Crippen LogP contribution in [0.3, 0.4) is 0 Å². The van der Waals surface area contributed by atoms with E-state index in [-0.39, 0.29) is 18.3 Å². The van der Waals surface area contributed by atoms with Crippen molar-refractivity contribution in [2.75, 3.05) is 6.54 Å². The van der Waals surface area contributed by atoms with Crippen LogP contribution >= 0.6 is 0 Å². The number of aromatic nitrogens is 1. The molecular weight excluding hydrogens is 377 g/mol. The van der Waals surface area contributed by atoms with Gasteiger partial charge in [-0.1, -0.05) is 0 Å². The predicted molar refractivity (Wildman–Crippen MR) is 106 cm³/mol. The third-order valence-electron chi connectivity index (χ3n) is 4.13. The number of carbonyl (C=O) groups is 2. The fourth-order valence-electron chi connectivity index (χ4n) is 2.84. The lowest BCUT2D eigenvalue weighted by molar-refractivity contribution is 0.0519. The van der Waals surface area contributed by atoms with E-state index in [0.29, 0.717) is 24.3 Å². The molecule has 0 saturated carbocycles. The quantitative estimate of drug-likeness (QED) is 0.584. The molecule has 0 bridgehead atoms. The highest BCUT2D eigenvalue weighted by molar-refractivity contribution is 5.94. The van der Waals surface area contributed by atoms with E-state index in [2.05, 4.69) is 15.6 Å². The fourth-order valence-corrected chi connectivity index (χ4v) is 2.84. The van der Waals surface area contributed by atoms with E-state index in [0.717, 1.165) is 16.5 Å². The molecule has 154 valence electrons. The summed E-state index contributed by atoms with van der Waals surface area (Å²) in [5.41, 5.74) is 1.55. The van der Waals surface area contributed by atoms with E-state index < -0.39 is 11.7 Å². The summed E-state index contributed by atoms with van der Waals surface area (Å²) in [4.78, 5) is 27.0. The molecule has 8 heteroatoms. The summed E-state index contributed by atoms with van der Waals surface area (Å²) in [6, 6.07) is 6.13. The Kier molecular flexibility index (Phi) is 5.91. The van der Waals surface area contributed by atoms with Crippen molar-refractivity contribution in [3.63, 3.8) is 0 Å². The summed E-state index contributed by atoms with van der Waals surface area (Å²) in [5, 5.41) is 6.18. The summed E-state index contributed by atoms with van der Waals surface area (Å²) in [6.45, 7) is 5.82. The molecule has 0 aliphatic heterocycles. The molecule has 0 unspecified atom stereocenters. The molecule has 2 heterocycles. The van der Waals surface area contributed by atoms with E-state index in [1.54, 1.807) is 32.9 Å². The molecule has 1 aromatic carbocycles. The molecule has 0 radical (unpaired) electrons. The lowest BCUT2D eigenvalue weighted by atomic mass is 10.1. The molecule has 3 aromatic rings. The first-order chi connectivity index (χ1) is 13.7. The SMILES string of the molecule is CC(C)(C)OC(=O)NCc1cc(C(=O)NCCc2c[nH]c3ccc(F)cc23)co1. The maximum atomic E-state index is 13.4. The first-order valence-electron chi connectivity index (χ1n) is 9.29. The standard InChI is InChI=1S/C21H24FN3O4/c1-21(2,3)29-20(27)25-11-16-8-14(12-28-16)19(26)23-7-6-13-10-24-18-5-4-15(22)9-17(13)18/h4-5,8-10,12,24H,6-7,11H2,1-3H3,(H,23,26)(H,25,27). The Hall–Kier alpha value is -3.29. The van der Waals surface area contributed by atoms with Crippen LogP contribution in [-0.2, 0) is 17.7 Å². The van der Waals surface area contributed by atoms with Crippen LogP contribution in [0.2, 0.25) is 0 Å². The Morgan fingerprint density at radius 2 is 2.00 bits per heavy atom. The Balaban J connectivity index is 1.49. The second-order valence-electron chi connectivity index (χ2n) is 7.67. The van der Waals surface area contributed by atoms with Crippen molar-refractivity contribution in [3.8, 4) is 0 Å². The van der Waals surface area contributed by atoms with Crippen LogP contribution in [0.15, 0.2) is 41.1 Å². The molecule has 0 aliphatic rings. The normalized spacial score (nSPS) is 11.4. The van der Waals surface area contributed by atoms with E-state index in [1.165, 1.54) is 18.4 Å². The number of alkyl carbamates (subject to hydrolysis) is 1. The van der Waals surface area contributed by atoms with Crippen LogP contribution in [-0.4, -0.2) is 29.1 Å². The van der Waals surface area contributed by atoms with E-state index in [1.807, 2.05) is 6.20 Å². The van der Waals surface area contributed by atoms with Crippen molar-refractivity contribution in [2.45, 2.75) is 39.3 Å². The van der Waals surface area contributed by atoms with Gasteiger partial charge in [-0.25, -0.2) is 9.18 Å². The number of carbonyl (C=O) groups excluding carboxylic acids is 2. The smallest absolute Gasteiger partial charge is 0.408 e. The summed E-state index contributed by atoms with van der Waals surface area (Å²) in [5.74, 6) is -0.148. The topological polar surface area (TPSA) is 96.4 Å². The van der Waals surface area contributed by atoms with Crippen LogP contribution in [0.5, 0.6) is 0 Å². The third-order valence-corrected chi connectivity index (χ3v) is 4.13. The average Bonchev–Trinajstić information content (AvgIpc) is 3.26. The highest BCUT2D eigenvalue weighted by Crippen LogP contribution is 2.19. The van der Waals surface area contributed by atoms with Gasteiger partial charge in [-0.3, -0.25) is 4.79 Å². The van der Waals surface area contributed by atoms with Crippen molar-refractivity contribution < 1.29 is 23.1 Å². The lowest BCUT2D eigenvalue weighted by Gasteiger charge is -2.19. The van der Waals surface area contributed by atoms with Gasteiger partial charge in [-0.05, 0) is 57.0 Å². The number of aromatic amines is 1. The Morgan fingerprint density at radius 3 is 2.76 bits per heavy atom. The predicted octanol–water partition coefficient (Wildman–Crippen LogP) is 3.90. The molecule has 3 rings (SSSR count).